The lowest BCUT2D eigenvalue weighted by atomic mass is 9.84. The van der Waals surface area contributed by atoms with E-state index in [-0.39, 0.29) is 5.91 Å². The van der Waals surface area contributed by atoms with E-state index in [2.05, 4.69) is 14.9 Å². The van der Waals surface area contributed by atoms with E-state index in [1.807, 2.05) is 12.4 Å². The maximum absolute atomic E-state index is 12.2. The number of hydrogen-bond donors (Lipinski definition) is 2. The normalized spacial score (nSPS) is 24.9. The summed E-state index contributed by atoms with van der Waals surface area (Å²) in [5, 5.41) is 13.3. The van der Waals surface area contributed by atoms with Gasteiger partial charge in [-0.1, -0.05) is 19.3 Å². The van der Waals surface area contributed by atoms with Crippen molar-refractivity contribution in [3.63, 3.8) is 0 Å². The summed E-state index contributed by atoms with van der Waals surface area (Å²) in [7, 11) is 0. The minimum absolute atomic E-state index is 0.175. The number of aromatic nitrogens is 2. The lowest BCUT2D eigenvalue weighted by Gasteiger charge is -2.31. The summed E-state index contributed by atoms with van der Waals surface area (Å²) < 4.78 is 2.17. The molecule has 1 aromatic rings. The average molecular weight is 277 g/mol. The van der Waals surface area contributed by atoms with Gasteiger partial charge in [0.15, 0.2) is 0 Å². The molecule has 0 saturated heterocycles. The first-order chi connectivity index (χ1) is 9.67. The van der Waals surface area contributed by atoms with E-state index in [0.29, 0.717) is 25.3 Å². The zero-order chi connectivity index (χ0) is 14.0. The summed E-state index contributed by atoms with van der Waals surface area (Å²) in [5.41, 5.74) is -1.12. The molecule has 1 aliphatic carbocycles. The van der Waals surface area contributed by atoms with Gasteiger partial charge < -0.3 is 15.0 Å². The molecule has 5 heteroatoms. The Bertz CT molecular complexity index is 477. The minimum atomic E-state index is -1.12. The van der Waals surface area contributed by atoms with Gasteiger partial charge in [-0.25, -0.2) is 4.98 Å². The number of hydrogen-bond acceptors (Lipinski definition) is 3. The Hall–Kier alpha value is -1.36. The smallest absolute Gasteiger partial charge is 0.251 e. The second-order valence-corrected chi connectivity index (χ2v) is 6.20. The van der Waals surface area contributed by atoms with Crippen molar-refractivity contribution in [3.8, 4) is 0 Å². The molecule has 1 aromatic heterocycles. The number of nitrogens with one attached hydrogen (secondary N) is 1. The topological polar surface area (TPSA) is 67.2 Å². The van der Waals surface area contributed by atoms with Gasteiger partial charge in [0.05, 0.1) is 0 Å². The molecule has 0 bridgehead atoms. The molecular formula is C15H23N3O2. The first-order valence-corrected chi connectivity index (χ1v) is 7.68. The summed E-state index contributed by atoms with van der Waals surface area (Å²) in [6, 6.07) is 0. The maximum Gasteiger partial charge on any atom is 0.251 e. The zero-order valence-electron chi connectivity index (χ0n) is 11.8. The molecular weight excluding hydrogens is 254 g/mol. The summed E-state index contributed by atoms with van der Waals surface area (Å²) in [6.07, 6.45) is 10.0. The molecule has 0 unspecified atom stereocenters. The summed E-state index contributed by atoms with van der Waals surface area (Å²) in [4.78, 5) is 16.5. The van der Waals surface area contributed by atoms with Crippen molar-refractivity contribution in [1.29, 1.82) is 0 Å². The van der Waals surface area contributed by atoms with E-state index in [0.717, 1.165) is 44.5 Å². The zero-order valence-corrected chi connectivity index (χ0v) is 11.8. The van der Waals surface area contributed by atoms with Gasteiger partial charge >= 0.3 is 0 Å². The molecule has 2 aliphatic rings. The van der Waals surface area contributed by atoms with Gasteiger partial charge in [0.2, 0.25) is 0 Å². The highest BCUT2D eigenvalue weighted by atomic mass is 16.3. The third kappa shape index (κ3) is 2.73. The van der Waals surface area contributed by atoms with E-state index in [9.17, 15) is 9.90 Å². The van der Waals surface area contributed by atoms with Crippen LogP contribution in [0.15, 0.2) is 12.4 Å². The number of carbonyl (C=O) groups is 1. The number of nitrogens with zero attached hydrogens (tertiary/aromatic N) is 2. The number of aliphatic hydroxyl groups is 1. The molecule has 0 radical (unpaired) electrons. The summed E-state index contributed by atoms with van der Waals surface area (Å²) in [5.74, 6) is 1.36. The lowest BCUT2D eigenvalue weighted by Crippen LogP contribution is -2.49. The molecule has 1 aliphatic heterocycles. The Labute approximate surface area is 119 Å². The van der Waals surface area contributed by atoms with Crippen LogP contribution in [0.25, 0.3) is 0 Å². The van der Waals surface area contributed by atoms with Crippen LogP contribution < -0.4 is 5.32 Å². The van der Waals surface area contributed by atoms with Crippen LogP contribution in [0.2, 0.25) is 0 Å². The fourth-order valence-corrected chi connectivity index (χ4v) is 3.36. The third-order valence-electron chi connectivity index (χ3n) is 4.71. The monoisotopic (exact) mass is 277 g/mol. The molecule has 0 spiro atoms. The van der Waals surface area contributed by atoms with Crippen LogP contribution in [-0.4, -0.2) is 32.7 Å². The molecule has 20 heavy (non-hydrogen) atoms. The molecule has 110 valence electrons. The average Bonchev–Trinajstić information content (AvgIpc) is 2.93. The van der Waals surface area contributed by atoms with Gasteiger partial charge in [0, 0.05) is 31.9 Å². The van der Waals surface area contributed by atoms with E-state index < -0.39 is 5.60 Å². The van der Waals surface area contributed by atoms with Crippen LogP contribution >= 0.6 is 0 Å². The van der Waals surface area contributed by atoms with Crippen molar-refractivity contribution in [2.24, 2.45) is 5.92 Å². The second-order valence-electron chi connectivity index (χ2n) is 6.20. The first kappa shape index (κ1) is 13.6. The lowest BCUT2D eigenvalue weighted by molar-refractivity contribution is -0.143. The summed E-state index contributed by atoms with van der Waals surface area (Å²) in [6.45, 7) is 1.62. The Morgan fingerprint density at radius 1 is 1.45 bits per heavy atom. The van der Waals surface area contributed by atoms with Crippen molar-refractivity contribution in [2.45, 2.75) is 57.1 Å². The molecule has 1 fully saturated rings. The highest BCUT2D eigenvalue weighted by Crippen LogP contribution is 2.28. The van der Waals surface area contributed by atoms with Crippen molar-refractivity contribution < 1.29 is 9.90 Å². The van der Waals surface area contributed by atoms with Gasteiger partial charge in [-0.05, 0) is 25.2 Å². The first-order valence-electron chi connectivity index (χ1n) is 7.68. The van der Waals surface area contributed by atoms with Crippen LogP contribution in [-0.2, 0) is 17.8 Å². The molecule has 5 nitrogen and oxygen atoms in total. The molecule has 1 saturated carbocycles. The molecule has 2 heterocycles. The Morgan fingerprint density at radius 2 is 2.25 bits per heavy atom. The molecule has 3 rings (SSSR count). The molecule has 1 atom stereocenters. The van der Waals surface area contributed by atoms with Crippen LogP contribution in [0.1, 0.15) is 44.3 Å². The van der Waals surface area contributed by atoms with Crippen LogP contribution in [0.5, 0.6) is 0 Å². The van der Waals surface area contributed by atoms with E-state index in [1.165, 1.54) is 0 Å². The van der Waals surface area contributed by atoms with Gasteiger partial charge in [-0.15, -0.1) is 0 Å². The largest absolute Gasteiger partial charge is 0.380 e. The number of carbonyl (C=O) groups excluding carboxylic acids is 1. The number of aryl methyl sites for hydroxylation is 1. The van der Waals surface area contributed by atoms with Crippen molar-refractivity contribution in [1.82, 2.24) is 14.9 Å². The van der Waals surface area contributed by atoms with Gasteiger partial charge in [0.1, 0.15) is 11.4 Å². The fourth-order valence-electron chi connectivity index (χ4n) is 3.36. The maximum atomic E-state index is 12.2. The number of fused-ring (bicyclic) bond motifs is 1. The van der Waals surface area contributed by atoms with E-state index >= 15 is 0 Å². The van der Waals surface area contributed by atoms with E-state index in [4.69, 9.17) is 0 Å². The van der Waals surface area contributed by atoms with Crippen molar-refractivity contribution in [3.05, 3.63) is 18.2 Å². The number of rotatable bonds is 3. The Kier molecular flexibility index (Phi) is 3.78. The van der Waals surface area contributed by atoms with Crippen molar-refractivity contribution >= 4 is 5.91 Å². The predicted molar refractivity (Wildman–Crippen MR) is 75.1 cm³/mol. The third-order valence-corrected chi connectivity index (χ3v) is 4.71. The van der Waals surface area contributed by atoms with Crippen LogP contribution in [0.4, 0.5) is 0 Å². The van der Waals surface area contributed by atoms with Gasteiger partial charge in [0.25, 0.3) is 5.91 Å². The predicted octanol–water partition coefficient (Wildman–Crippen LogP) is 1.26. The van der Waals surface area contributed by atoms with E-state index in [1.54, 1.807) is 0 Å². The fraction of sp³-hybridized carbons (Fsp3) is 0.733. The van der Waals surface area contributed by atoms with Gasteiger partial charge in [-0.2, -0.15) is 0 Å². The van der Waals surface area contributed by atoms with Crippen LogP contribution in [0, 0.1) is 5.92 Å². The highest BCUT2D eigenvalue weighted by molar-refractivity contribution is 5.84. The summed E-state index contributed by atoms with van der Waals surface area (Å²) >= 11 is 0. The Balaban J connectivity index is 1.51. The molecule has 0 aromatic carbocycles. The van der Waals surface area contributed by atoms with Gasteiger partial charge in [-0.3, -0.25) is 4.79 Å². The number of imidazole rings is 1. The van der Waals surface area contributed by atoms with Crippen molar-refractivity contribution in [2.75, 3.05) is 6.54 Å². The highest BCUT2D eigenvalue weighted by Gasteiger charge is 2.37. The molecule has 2 N–H and O–H groups in total. The second kappa shape index (κ2) is 5.56. The SMILES string of the molecule is O=C(NC[C@H]1CCn2ccnc2C1)C1(O)CCCCC1. The van der Waals surface area contributed by atoms with Crippen LogP contribution in [0.3, 0.4) is 0 Å². The standard InChI is InChI=1S/C15H23N3O2/c19-14(15(20)5-2-1-3-6-15)17-11-12-4-8-18-9-7-16-13(18)10-12/h7,9,12,20H,1-6,8,10-11H2,(H,17,19)/t12-/m0/s1. The Morgan fingerprint density at radius 3 is 3.05 bits per heavy atom. The minimum Gasteiger partial charge on any atom is -0.380 e. The number of amides is 1. The quantitative estimate of drug-likeness (QED) is 0.874. The molecule has 1 amide bonds.